The normalized spacial score (nSPS) is 13.7. The molecule has 2 N–H and O–H groups in total. The van der Waals surface area contributed by atoms with Crippen molar-refractivity contribution in [1.29, 1.82) is 0 Å². The predicted octanol–water partition coefficient (Wildman–Crippen LogP) is 2.21. The lowest BCUT2D eigenvalue weighted by molar-refractivity contribution is 0.560. The zero-order chi connectivity index (χ0) is 13.3. The number of rotatable bonds is 4. The van der Waals surface area contributed by atoms with E-state index in [4.69, 9.17) is 23.2 Å². The number of thiophene rings is 1. The number of hydrogen-bond acceptors (Lipinski definition) is 5. The Labute approximate surface area is 117 Å². The van der Waals surface area contributed by atoms with Crippen LogP contribution in [0.3, 0.4) is 0 Å². The molecule has 0 aromatic carbocycles. The fourth-order valence-electron chi connectivity index (χ4n) is 1.28. The van der Waals surface area contributed by atoms with Gasteiger partial charge in [0.1, 0.15) is 21.4 Å². The van der Waals surface area contributed by atoms with E-state index >= 15 is 0 Å². The van der Waals surface area contributed by atoms with E-state index in [1.54, 1.807) is 6.92 Å². The van der Waals surface area contributed by atoms with Gasteiger partial charge in [0.2, 0.25) is 10.0 Å². The van der Waals surface area contributed by atoms with E-state index in [0.717, 1.165) is 11.3 Å². The van der Waals surface area contributed by atoms with Crippen LogP contribution in [0.1, 0.15) is 18.8 Å². The molecule has 1 atom stereocenters. The Kier molecular flexibility index (Phi) is 3.93. The van der Waals surface area contributed by atoms with Crippen LogP contribution in [0.15, 0.2) is 17.3 Å². The lowest BCUT2D eigenvalue weighted by Gasteiger charge is -2.10. The first-order chi connectivity index (χ1) is 8.40. The summed E-state index contributed by atoms with van der Waals surface area (Å²) >= 11 is 12.5. The highest BCUT2D eigenvalue weighted by atomic mass is 35.5. The van der Waals surface area contributed by atoms with Crippen LogP contribution in [-0.4, -0.2) is 23.6 Å². The lowest BCUT2D eigenvalue weighted by Crippen LogP contribution is -2.27. The van der Waals surface area contributed by atoms with Gasteiger partial charge in [0.15, 0.2) is 0 Å². The van der Waals surface area contributed by atoms with Crippen molar-refractivity contribution in [3.05, 3.63) is 26.9 Å². The SMILES string of the molecule is CC(NS(=O)(=O)c1cc(Cl)sc1Cl)c1ncn[nH]1. The molecule has 10 heteroatoms. The van der Waals surface area contributed by atoms with Crippen molar-refractivity contribution in [3.63, 3.8) is 0 Å². The van der Waals surface area contributed by atoms with E-state index in [9.17, 15) is 8.42 Å². The number of H-pyrrole nitrogens is 1. The van der Waals surface area contributed by atoms with E-state index in [2.05, 4.69) is 19.9 Å². The second-order valence-electron chi connectivity index (χ2n) is 3.40. The molecule has 2 aromatic heterocycles. The van der Waals surface area contributed by atoms with Crippen LogP contribution in [0.4, 0.5) is 0 Å². The van der Waals surface area contributed by atoms with E-state index in [-0.39, 0.29) is 9.23 Å². The molecule has 2 rings (SSSR count). The van der Waals surface area contributed by atoms with Crippen molar-refractivity contribution >= 4 is 44.6 Å². The molecule has 98 valence electrons. The summed E-state index contributed by atoms with van der Waals surface area (Å²) in [5, 5.41) is 6.24. The molecule has 0 fully saturated rings. The van der Waals surface area contributed by atoms with Gasteiger partial charge in [-0.2, -0.15) is 5.10 Å². The Bertz CT molecular complexity index is 638. The number of nitrogens with one attached hydrogen (secondary N) is 2. The molecule has 0 saturated heterocycles. The maximum absolute atomic E-state index is 12.1. The maximum Gasteiger partial charge on any atom is 0.243 e. The summed E-state index contributed by atoms with van der Waals surface area (Å²) in [6, 6.07) is 0.761. The van der Waals surface area contributed by atoms with Gasteiger partial charge in [0.05, 0.1) is 10.4 Å². The zero-order valence-electron chi connectivity index (χ0n) is 9.02. The standard InChI is InChI=1S/C8H8Cl2N4O2S2/c1-4(8-11-3-12-13-8)14-18(15,16)5-2-6(9)17-7(5)10/h2-4,14H,1H3,(H,11,12,13). The van der Waals surface area contributed by atoms with Crippen molar-refractivity contribution < 1.29 is 8.42 Å². The van der Waals surface area contributed by atoms with Crippen LogP contribution in [0.5, 0.6) is 0 Å². The van der Waals surface area contributed by atoms with E-state index in [1.165, 1.54) is 12.4 Å². The van der Waals surface area contributed by atoms with Gasteiger partial charge in [0.25, 0.3) is 0 Å². The third-order valence-electron chi connectivity index (χ3n) is 2.09. The molecule has 2 aromatic rings. The second-order valence-corrected chi connectivity index (χ2v) is 7.37. The van der Waals surface area contributed by atoms with E-state index in [0.29, 0.717) is 10.2 Å². The van der Waals surface area contributed by atoms with Gasteiger partial charge in [-0.15, -0.1) is 11.3 Å². The van der Waals surface area contributed by atoms with Gasteiger partial charge in [-0.1, -0.05) is 23.2 Å². The van der Waals surface area contributed by atoms with Crippen LogP contribution in [-0.2, 0) is 10.0 Å². The Balaban J connectivity index is 2.25. The highest BCUT2D eigenvalue weighted by molar-refractivity contribution is 7.89. The lowest BCUT2D eigenvalue weighted by atomic mass is 10.3. The number of aromatic nitrogens is 3. The molecular formula is C8H8Cl2N4O2S2. The largest absolute Gasteiger partial charge is 0.262 e. The summed E-state index contributed by atoms with van der Waals surface area (Å²) in [4.78, 5) is 3.84. The third-order valence-corrected chi connectivity index (χ3v) is 5.38. The average Bonchev–Trinajstić information content (AvgIpc) is 2.86. The highest BCUT2D eigenvalue weighted by Gasteiger charge is 2.24. The predicted molar refractivity (Wildman–Crippen MR) is 69.5 cm³/mol. The molecule has 0 radical (unpaired) electrons. The van der Waals surface area contributed by atoms with E-state index in [1.807, 2.05) is 0 Å². The summed E-state index contributed by atoms with van der Waals surface area (Å²) in [7, 11) is -3.74. The molecule has 0 aliphatic rings. The van der Waals surface area contributed by atoms with E-state index < -0.39 is 16.1 Å². The topological polar surface area (TPSA) is 87.7 Å². The molecule has 0 aliphatic carbocycles. The number of aromatic amines is 1. The highest BCUT2D eigenvalue weighted by Crippen LogP contribution is 2.34. The molecule has 6 nitrogen and oxygen atoms in total. The summed E-state index contributed by atoms with van der Waals surface area (Å²) < 4.78 is 27.0. The summed E-state index contributed by atoms with van der Waals surface area (Å²) in [6.45, 7) is 1.64. The maximum atomic E-state index is 12.1. The van der Waals surface area contributed by atoms with Gasteiger partial charge < -0.3 is 0 Å². The second kappa shape index (κ2) is 5.14. The quantitative estimate of drug-likeness (QED) is 0.901. The monoisotopic (exact) mass is 326 g/mol. The van der Waals surface area contributed by atoms with Crippen molar-refractivity contribution in [2.45, 2.75) is 17.9 Å². The molecule has 18 heavy (non-hydrogen) atoms. The number of hydrogen-bond donors (Lipinski definition) is 2. The fourth-order valence-corrected chi connectivity index (χ4v) is 4.64. The first-order valence-electron chi connectivity index (χ1n) is 4.72. The first-order valence-corrected chi connectivity index (χ1v) is 7.78. The molecule has 1 unspecified atom stereocenters. The summed E-state index contributed by atoms with van der Waals surface area (Å²) in [6.07, 6.45) is 1.30. The van der Waals surface area contributed by atoms with Crippen LogP contribution < -0.4 is 4.72 Å². The molecule has 0 aliphatic heterocycles. The first kappa shape index (κ1) is 13.8. The van der Waals surface area contributed by atoms with Gasteiger partial charge in [0, 0.05) is 0 Å². The Morgan fingerprint density at radius 2 is 2.22 bits per heavy atom. The average molecular weight is 327 g/mol. The minimum Gasteiger partial charge on any atom is -0.262 e. The van der Waals surface area contributed by atoms with Crippen LogP contribution in [0.25, 0.3) is 0 Å². The van der Waals surface area contributed by atoms with Crippen LogP contribution >= 0.6 is 34.5 Å². The zero-order valence-corrected chi connectivity index (χ0v) is 12.2. The van der Waals surface area contributed by atoms with Gasteiger partial charge in [-0.05, 0) is 13.0 Å². The number of nitrogens with zero attached hydrogens (tertiary/aromatic N) is 2. The Morgan fingerprint density at radius 3 is 2.72 bits per heavy atom. The number of sulfonamides is 1. The minimum absolute atomic E-state index is 0.0365. The minimum atomic E-state index is -3.74. The molecule has 0 spiro atoms. The van der Waals surface area contributed by atoms with Gasteiger partial charge in [-0.25, -0.2) is 18.1 Å². The molecule has 2 heterocycles. The molecule has 0 saturated carbocycles. The van der Waals surface area contributed by atoms with Crippen molar-refractivity contribution in [2.75, 3.05) is 0 Å². The van der Waals surface area contributed by atoms with Crippen LogP contribution in [0.2, 0.25) is 8.67 Å². The fraction of sp³-hybridized carbons (Fsp3) is 0.250. The summed E-state index contributed by atoms with van der Waals surface area (Å²) in [5.74, 6) is 0.413. The molecule has 0 bridgehead atoms. The van der Waals surface area contributed by atoms with Gasteiger partial charge in [-0.3, -0.25) is 5.10 Å². The molecule has 0 amide bonds. The van der Waals surface area contributed by atoms with Gasteiger partial charge >= 0.3 is 0 Å². The van der Waals surface area contributed by atoms with Crippen molar-refractivity contribution in [3.8, 4) is 0 Å². The Morgan fingerprint density at radius 1 is 1.50 bits per heavy atom. The summed E-state index contributed by atoms with van der Waals surface area (Å²) in [5.41, 5.74) is 0. The van der Waals surface area contributed by atoms with Crippen LogP contribution in [0, 0.1) is 0 Å². The number of halogens is 2. The Hall–Kier alpha value is -0.670. The van der Waals surface area contributed by atoms with Crippen molar-refractivity contribution in [1.82, 2.24) is 19.9 Å². The molecular weight excluding hydrogens is 319 g/mol. The smallest absolute Gasteiger partial charge is 0.243 e. The third kappa shape index (κ3) is 2.83. The van der Waals surface area contributed by atoms with Crippen molar-refractivity contribution in [2.24, 2.45) is 0 Å².